The Morgan fingerprint density at radius 3 is 1.71 bits per heavy atom. The molecule has 2 atom stereocenters. The number of carbonyl (C=O) groups is 4. The molecule has 0 spiro atoms. The molecular weight excluding hydrogens is 530 g/mol. The number of pyridine rings is 1. The zero-order chi connectivity index (χ0) is 29.5. The summed E-state index contributed by atoms with van der Waals surface area (Å²) in [6, 6.07) is 17.2. The summed E-state index contributed by atoms with van der Waals surface area (Å²) >= 11 is 0. The highest BCUT2D eigenvalue weighted by Gasteiger charge is 2.30. The Balaban J connectivity index is 1.13. The van der Waals surface area contributed by atoms with Gasteiger partial charge in [0.2, 0.25) is 11.8 Å². The van der Waals surface area contributed by atoms with Crippen molar-refractivity contribution in [1.82, 2.24) is 14.8 Å². The fraction of sp³-hybridized carbons (Fsp3) is 0.182. The van der Waals surface area contributed by atoms with E-state index in [1.807, 2.05) is 72.8 Å². The van der Waals surface area contributed by atoms with E-state index in [1.165, 1.54) is 11.8 Å². The molecule has 9 nitrogen and oxygen atoms in total. The zero-order valence-electron chi connectivity index (χ0n) is 23.1. The van der Waals surface area contributed by atoms with Gasteiger partial charge in [0.05, 0.1) is 6.42 Å². The van der Waals surface area contributed by atoms with Crippen molar-refractivity contribution in [1.29, 1.82) is 0 Å². The molecule has 212 valence electrons. The minimum absolute atomic E-state index is 0.118. The van der Waals surface area contributed by atoms with E-state index < -0.39 is 12.1 Å². The largest absolute Gasteiger partial charge is 0.324 e. The molecular formula is C33H31N5O4. The monoisotopic (exact) mass is 561 g/mol. The number of benzene rings is 2. The number of anilines is 2. The van der Waals surface area contributed by atoms with Crippen LogP contribution in [0.25, 0.3) is 12.2 Å². The van der Waals surface area contributed by atoms with Crippen LogP contribution in [0.5, 0.6) is 0 Å². The van der Waals surface area contributed by atoms with Crippen molar-refractivity contribution < 1.29 is 19.2 Å². The third kappa shape index (κ3) is 6.87. The lowest BCUT2D eigenvalue weighted by atomic mass is 10.1. The lowest BCUT2D eigenvalue weighted by Gasteiger charge is -2.24. The fourth-order valence-electron chi connectivity index (χ4n) is 4.84. The Morgan fingerprint density at radius 2 is 1.21 bits per heavy atom. The highest BCUT2D eigenvalue weighted by molar-refractivity contribution is 6.00. The number of nitrogens with one attached hydrogen (secondary N) is 2. The topological polar surface area (TPSA) is 112 Å². The van der Waals surface area contributed by atoms with Crippen LogP contribution in [0.4, 0.5) is 11.4 Å². The predicted octanol–water partition coefficient (Wildman–Crippen LogP) is 3.93. The summed E-state index contributed by atoms with van der Waals surface area (Å²) in [4.78, 5) is 57.1. The maximum atomic E-state index is 13.0. The molecule has 4 amide bonds. The van der Waals surface area contributed by atoms with E-state index in [1.54, 1.807) is 41.6 Å². The second-order valence-corrected chi connectivity index (χ2v) is 10.1. The van der Waals surface area contributed by atoms with E-state index in [2.05, 4.69) is 15.6 Å². The fourth-order valence-corrected chi connectivity index (χ4v) is 4.84. The Morgan fingerprint density at radius 1 is 0.738 bits per heavy atom. The molecule has 9 heteroatoms. The van der Waals surface area contributed by atoms with Gasteiger partial charge in [-0.1, -0.05) is 60.7 Å². The van der Waals surface area contributed by atoms with E-state index in [0.717, 1.165) is 16.7 Å². The molecule has 0 radical (unpaired) electrons. The first-order valence-corrected chi connectivity index (χ1v) is 13.7. The molecule has 3 aromatic rings. The SMILES string of the molecule is CC(=O)N1CC=C[C@H]1C(=O)Nc1ccc(C=Cc2ccc(NC(=O)[C@@H]3C=CCN3C(=O)Cc3ccncc3)cc2)cc1. The van der Waals surface area contributed by atoms with Crippen LogP contribution < -0.4 is 10.6 Å². The van der Waals surface area contributed by atoms with Crippen LogP contribution >= 0.6 is 0 Å². The van der Waals surface area contributed by atoms with E-state index in [4.69, 9.17) is 0 Å². The van der Waals surface area contributed by atoms with E-state index in [-0.39, 0.29) is 30.0 Å². The summed E-state index contributed by atoms with van der Waals surface area (Å²) in [7, 11) is 0. The number of carbonyl (C=O) groups excluding carboxylic acids is 4. The lowest BCUT2D eigenvalue weighted by Crippen LogP contribution is -2.44. The van der Waals surface area contributed by atoms with Crippen molar-refractivity contribution in [2.75, 3.05) is 23.7 Å². The van der Waals surface area contributed by atoms with E-state index in [9.17, 15) is 19.2 Å². The van der Waals surface area contributed by atoms with Crippen molar-refractivity contribution >= 4 is 47.2 Å². The quantitative estimate of drug-likeness (QED) is 0.320. The normalized spacial score (nSPS) is 17.5. The summed E-state index contributed by atoms with van der Waals surface area (Å²) in [6.45, 7) is 2.29. The first-order valence-electron chi connectivity index (χ1n) is 13.7. The van der Waals surface area contributed by atoms with Gasteiger partial charge in [-0.2, -0.15) is 0 Å². The van der Waals surface area contributed by atoms with Crippen LogP contribution in [0.2, 0.25) is 0 Å². The molecule has 0 fully saturated rings. The van der Waals surface area contributed by atoms with Gasteiger partial charge in [0.15, 0.2) is 0 Å². The molecule has 0 unspecified atom stereocenters. The predicted molar refractivity (Wildman–Crippen MR) is 162 cm³/mol. The molecule has 2 aromatic carbocycles. The van der Waals surface area contributed by atoms with E-state index in [0.29, 0.717) is 24.5 Å². The molecule has 42 heavy (non-hydrogen) atoms. The summed E-state index contributed by atoms with van der Waals surface area (Å²) in [5.41, 5.74) is 4.03. The van der Waals surface area contributed by atoms with Gasteiger partial charge in [0, 0.05) is 43.8 Å². The summed E-state index contributed by atoms with van der Waals surface area (Å²) in [5.74, 6) is -0.770. The number of hydrogen-bond donors (Lipinski definition) is 2. The maximum Gasteiger partial charge on any atom is 0.251 e. The average Bonchev–Trinajstić information content (AvgIpc) is 3.69. The molecule has 5 rings (SSSR count). The molecule has 3 heterocycles. The molecule has 1 aromatic heterocycles. The second kappa shape index (κ2) is 12.9. The van der Waals surface area contributed by atoms with Gasteiger partial charge in [-0.05, 0) is 53.1 Å². The van der Waals surface area contributed by atoms with Crippen LogP contribution in [0, 0.1) is 0 Å². The van der Waals surface area contributed by atoms with Crippen molar-refractivity contribution in [3.63, 3.8) is 0 Å². The van der Waals surface area contributed by atoms with Gasteiger partial charge in [-0.3, -0.25) is 24.2 Å². The highest BCUT2D eigenvalue weighted by Crippen LogP contribution is 2.19. The molecule has 0 aliphatic carbocycles. The standard InChI is InChI=1S/C33H31N5O4/c1-23(39)37-20-2-4-29(37)32(41)35-27-12-8-24(9-13-27)6-7-25-10-14-28(15-11-25)36-33(42)30-5-3-21-38(30)31(40)22-26-16-18-34-19-17-26/h2-19,29-30H,20-22H2,1H3,(H,35,41)(H,36,42)/t29-,30-/m0/s1. The molecule has 0 bridgehead atoms. The van der Waals surface area contributed by atoms with Gasteiger partial charge in [0.1, 0.15) is 12.1 Å². The molecule has 2 aliphatic heterocycles. The number of nitrogens with zero attached hydrogens (tertiary/aromatic N) is 3. The van der Waals surface area contributed by atoms with Gasteiger partial charge < -0.3 is 20.4 Å². The smallest absolute Gasteiger partial charge is 0.251 e. The Bertz CT molecular complexity index is 1550. The van der Waals surface area contributed by atoms with Gasteiger partial charge >= 0.3 is 0 Å². The third-order valence-electron chi connectivity index (χ3n) is 7.10. The summed E-state index contributed by atoms with van der Waals surface area (Å²) < 4.78 is 0. The Kier molecular flexibility index (Phi) is 8.67. The molecule has 0 saturated carbocycles. The van der Waals surface area contributed by atoms with Crippen LogP contribution in [0.1, 0.15) is 23.6 Å². The minimum atomic E-state index is -0.658. The minimum Gasteiger partial charge on any atom is -0.324 e. The number of amides is 4. The van der Waals surface area contributed by atoms with Gasteiger partial charge in [-0.15, -0.1) is 0 Å². The second-order valence-electron chi connectivity index (χ2n) is 10.1. The maximum absolute atomic E-state index is 13.0. The first kappa shape index (κ1) is 28.2. The Labute approximate surface area is 244 Å². The van der Waals surface area contributed by atoms with Gasteiger partial charge in [-0.25, -0.2) is 0 Å². The van der Waals surface area contributed by atoms with Crippen LogP contribution in [0.3, 0.4) is 0 Å². The molecule has 2 aliphatic rings. The molecule has 2 N–H and O–H groups in total. The van der Waals surface area contributed by atoms with Crippen molar-refractivity contribution in [2.24, 2.45) is 0 Å². The number of rotatable bonds is 8. The van der Waals surface area contributed by atoms with Crippen molar-refractivity contribution in [3.05, 3.63) is 114 Å². The first-order chi connectivity index (χ1) is 20.4. The van der Waals surface area contributed by atoms with E-state index >= 15 is 0 Å². The summed E-state index contributed by atoms with van der Waals surface area (Å²) in [6.07, 6.45) is 14.5. The van der Waals surface area contributed by atoms with Gasteiger partial charge in [0.25, 0.3) is 11.8 Å². The third-order valence-corrected chi connectivity index (χ3v) is 7.10. The van der Waals surface area contributed by atoms with Crippen LogP contribution in [0.15, 0.2) is 97.4 Å². The highest BCUT2D eigenvalue weighted by atomic mass is 16.2. The summed E-state index contributed by atoms with van der Waals surface area (Å²) in [5, 5.41) is 5.77. The van der Waals surface area contributed by atoms with Crippen LogP contribution in [-0.4, -0.2) is 63.6 Å². The van der Waals surface area contributed by atoms with Crippen molar-refractivity contribution in [2.45, 2.75) is 25.4 Å². The van der Waals surface area contributed by atoms with Crippen LogP contribution in [-0.2, 0) is 25.6 Å². The molecule has 0 saturated heterocycles. The lowest BCUT2D eigenvalue weighted by molar-refractivity contribution is -0.135. The average molecular weight is 562 g/mol. The zero-order valence-corrected chi connectivity index (χ0v) is 23.1. The Hall–Kier alpha value is -5.31. The number of hydrogen-bond acceptors (Lipinski definition) is 5. The number of aromatic nitrogens is 1. The van der Waals surface area contributed by atoms with Crippen molar-refractivity contribution in [3.8, 4) is 0 Å².